The van der Waals surface area contributed by atoms with E-state index in [0.29, 0.717) is 39.9 Å². The smallest absolute Gasteiger partial charge is 0.276 e. The zero-order chi connectivity index (χ0) is 28.8. The van der Waals surface area contributed by atoms with Gasteiger partial charge in [0.1, 0.15) is 11.5 Å². The van der Waals surface area contributed by atoms with Crippen molar-refractivity contribution in [2.45, 2.75) is 32.7 Å². The van der Waals surface area contributed by atoms with Gasteiger partial charge in [-0.1, -0.05) is 53.2 Å². The molecule has 0 aliphatic rings. The van der Waals surface area contributed by atoms with Gasteiger partial charge in [-0.3, -0.25) is 4.57 Å². The number of aryl methyl sites for hydroxylation is 2. The average Bonchev–Trinajstić information content (AvgIpc) is 3.46. The summed E-state index contributed by atoms with van der Waals surface area (Å²) in [4.78, 5) is 0. The van der Waals surface area contributed by atoms with Gasteiger partial charge >= 0.3 is 12.4 Å². The Bertz CT molecular complexity index is 1660. The maximum atomic E-state index is 13.5. The summed E-state index contributed by atoms with van der Waals surface area (Å²) in [6.45, 7) is 3.16. The van der Waals surface area contributed by atoms with Crippen LogP contribution in [-0.2, 0) is 18.9 Å². The molecule has 0 aliphatic heterocycles. The molecule has 0 unspecified atom stereocenters. The van der Waals surface area contributed by atoms with Crippen LogP contribution < -0.4 is 0 Å². The van der Waals surface area contributed by atoms with Gasteiger partial charge in [-0.2, -0.15) is 26.3 Å². The molecular weight excluding hydrogens is 558 g/mol. The minimum absolute atomic E-state index is 0.0882. The largest absolute Gasteiger partial charge is 0.416 e. The molecule has 0 radical (unpaired) electrons. The second-order valence-corrected chi connectivity index (χ2v) is 9.49. The lowest BCUT2D eigenvalue weighted by molar-refractivity contribution is -0.143. The molecule has 0 saturated carbocycles. The maximum Gasteiger partial charge on any atom is 0.416 e. The molecule has 5 aromatic rings. The summed E-state index contributed by atoms with van der Waals surface area (Å²) >= 11 is 6.52. The summed E-state index contributed by atoms with van der Waals surface area (Å²) in [5, 5.41) is 17.2. The Hall–Kier alpha value is -4.19. The highest BCUT2D eigenvalue weighted by molar-refractivity contribution is 6.32. The fraction of sp³-hybridized carbons (Fsp3) is 0.185. The van der Waals surface area contributed by atoms with Crippen molar-refractivity contribution in [3.05, 3.63) is 99.8 Å². The Morgan fingerprint density at radius 1 is 0.775 bits per heavy atom. The average molecular weight is 577 g/mol. The molecule has 3 aromatic carbocycles. The number of rotatable bonds is 5. The molecule has 0 atom stereocenters. The maximum absolute atomic E-state index is 13.5. The summed E-state index contributed by atoms with van der Waals surface area (Å²) in [6, 6.07) is 15.5. The van der Waals surface area contributed by atoms with Crippen molar-refractivity contribution in [2.75, 3.05) is 0 Å². The van der Waals surface area contributed by atoms with Gasteiger partial charge in [-0.15, -0.1) is 15.3 Å². The molecule has 2 heterocycles. The zero-order valence-corrected chi connectivity index (χ0v) is 21.6. The first-order valence-corrected chi connectivity index (χ1v) is 12.2. The zero-order valence-electron chi connectivity index (χ0n) is 20.9. The third-order valence-electron chi connectivity index (χ3n) is 6.14. The molecule has 2 aromatic heterocycles. The van der Waals surface area contributed by atoms with E-state index in [4.69, 9.17) is 11.6 Å². The third-order valence-corrected chi connectivity index (χ3v) is 6.45. The molecule has 0 saturated heterocycles. The Labute approximate surface area is 228 Å². The van der Waals surface area contributed by atoms with Crippen LogP contribution in [0, 0.1) is 13.8 Å². The minimum Gasteiger partial charge on any atom is -0.276 e. The van der Waals surface area contributed by atoms with Crippen LogP contribution in [0.4, 0.5) is 26.3 Å². The molecule has 0 fully saturated rings. The van der Waals surface area contributed by atoms with E-state index >= 15 is 0 Å². The van der Waals surface area contributed by atoms with Crippen molar-refractivity contribution in [3.8, 4) is 28.5 Å². The van der Waals surface area contributed by atoms with E-state index in [1.807, 2.05) is 13.0 Å². The van der Waals surface area contributed by atoms with Crippen LogP contribution in [0.15, 0.2) is 66.7 Å². The molecule has 13 heteroatoms. The minimum atomic E-state index is -4.98. The monoisotopic (exact) mass is 576 g/mol. The molecule has 0 aliphatic carbocycles. The number of aromatic nitrogens is 6. The molecule has 5 rings (SSSR count). The van der Waals surface area contributed by atoms with Crippen LogP contribution in [0.5, 0.6) is 0 Å². The Balaban J connectivity index is 1.69. The number of benzene rings is 3. The van der Waals surface area contributed by atoms with Gasteiger partial charge < -0.3 is 0 Å². The van der Waals surface area contributed by atoms with E-state index in [2.05, 4.69) is 20.5 Å². The number of halogens is 7. The van der Waals surface area contributed by atoms with Crippen LogP contribution >= 0.6 is 11.6 Å². The van der Waals surface area contributed by atoms with Gasteiger partial charge in [-0.05, 0) is 55.3 Å². The summed E-state index contributed by atoms with van der Waals surface area (Å²) < 4.78 is 83.8. The molecule has 0 amide bonds. The molecule has 0 N–H and O–H groups in total. The van der Waals surface area contributed by atoms with E-state index in [1.165, 1.54) is 4.68 Å². The van der Waals surface area contributed by atoms with Gasteiger partial charge in [0.25, 0.3) is 0 Å². The van der Waals surface area contributed by atoms with Gasteiger partial charge in [0.05, 0.1) is 28.4 Å². The first-order valence-electron chi connectivity index (χ1n) is 11.8. The number of alkyl halides is 6. The molecule has 206 valence electrons. The van der Waals surface area contributed by atoms with Crippen LogP contribution in [0.1, 0.15) is 28.1 Å². The Morgan fingerprint density at radius 2 is 1.43 bits per heavy atom. The van der Waals surface area contributed by atoms with E-state index in [9.17, 15) is 26.3 Å². The van der Waals surface area contributed by atoms with Crippen LogP contribution in [0.3, 0.4) is 0 Å². The van der Waals surface area contributed by atoms with Crippen molar-refractivity contribution < 1.29 is 26.3 Å². The summed E-state index contributed by atoms with van der Waals surface area (Å²) in [5.74, 6) is 0.718. The number of hydrogen-bond acceptors (Lipinski definition) is 4. The van der Waals surface area contributed by atoms with Crippen LogP contribution in [0.25, 0.3) is 28.5 Å². The SMILES string of the molecule is Cc1ccc(-n2c(C)nnc2-c2nnn(Cc3cc(C(F)(F)F)cc(C(F)(F)F)c3)c2-c2ccccc2)c(Cl)c1. The van der Waals surface area contributed by atoms with Crippen LogP contribution in [0.2, 0.25) is 5.02 Å². The van der Waals surface area contributed by atoms with E-state index in [-0.39, 0.29) is 23.1 Å². The van der Waals surface area contributed by atoms with Gasteiger partial charge in [0.2, 0.25) is 0 Å². The molecular formula is C27H19ClF6N6. The molecule has 40 heavy (non-hydrogen) atoms. The van der Waals surface area contributed by atoms with E-state index in [1.54, 1.807) is 54.0 Å². The number of nitrogens with zero attached hydrogens (tertiary/aromatic N) is 6. The van der Waals surface area contributed by atoms with Crippen molar-refractivity contribution in [3.63, 3.8) is 0 Å². The summed E-state index contributed by atoms with van der Waals surface area (Å²) in [6.07, 6.45) is -9.96. The van der Waals surface area contributed by atoms with Crippen molar-refractivity contribution in [2.24, 2.45) is 0 Å². The normalized spacial score (nSPS) is 12.2. The van der Waals surface area contributed by atoms with E-state index < -0.39 is 30.0 Å². The molecule has 0 bridgehead atoms. The lowest BCUT2D eigenvalue weighted by atomic mass is 10.0. The summed E-state index contributed by atoms with van der Waals surface area (Å²) in [5.41, 5.74) is -0.494. The predicted octanol–water partition coefficient (Wildman–Crippen LogP) is 7.55. The van der Waals surface area contributed by atoms with Gasteiger partial charge in [0.15, 0.2) is 11.5 Å². The first kappa shape index (κ1) is 27.4. The van der Waals surface area contributed by atoms with E-state index in [0.717, 1.165) is 5.56 Å². The second kappa shape index (κ2) is 10.1. The topological polar surface area (TPSA) is 61.4 Å². The van der Waals surface area contributed by atoms with Crippen molar-refractivity contribution >= 4 is 11.6 Å². The molecule has 6 nitrogen and oxygen atoms in total. The highest BCUT2D eigenvalue weighted by Gasteiger charge is 2.37. The fourth-order valence-electron chi connectivity index (χ4n) is 4.34. The first-order chi connectivity index (χ1) is 18.8. The number of hydrogen-bond donors (Lipinski definition) is 0. The highest BCUT2D eigenvalue weighted by Crippen LogP contribution is 2.38. The third kappa shape index (κ3) is 5.31. The standard InChI is InChI=1S/C27H19ClF6N6/c1-15-8-9-22(21(28)10-15)40-16(2)35-37-25(40)23-24(18-6-4-3-5-7-18)39(38-36-23)14-17-11-19(26(29,30)31)13-20(12-17)27(32,33)34/h3-13H,14H2,1-2H3. The predicted molar refractivity (Wildman–Crippen MR) is 136 cm³/mol. The highest BCUT2D eigenvalue weighted by atomic mass is 35.5. The van der Waals surface area contributed by atoms with Crippen molar-refractivity contribution in [1.82, 2.24) is 29.8 Å². The van der Waals surface area contributed by atoms with Gasteiger partial charge in [0, 0.05) is 5.56 Å². The quantitative estimate of drug-likeness (QED) is 0.203. The Kier molecular flexibility index (Phi) is 6.90. The van der Waals surface area contributed by atoms with Gasteiger partial charge in [-0.25, -0.2) is 4.68 Å². The van der Waals surface area contributed by atoms with Crippen molar-refractivity contribution in [1.29, 1.82) is 0 Å². The lowest BCUT2D eigenvalue weighted by Gasteiger charge is -2.15. The molecule has 0 spiro atoms. The van der Waals surface area contributed by atoms with Crippen LogP contribution in [-0.4, -0.2) is 29.8 Å². The lowest BCUT2D eigenvalue weighted by Crippen LogP contribution is -2.13. The fourth-order valence-corrected chi connectivity index (χ4v) is 4.66. The summed E-state index contributed by atoms with van der Waals surface area (Å²) in [7, 11) is 0. The Morgan fingerprint density at radius 3 is 2.02 bits per heavy atom. The second-order valence-electron chi connectivity index (χ2n) is 9.09.